The molecule has 106 valence electrons. The van der Waals surface area contributed by atoms with E-state index in [-0.39, 0.29) is 24.2 Å². The molecule has 1 heterocycles. The molecule has 1 atom stereocenters. The van der Waals surface area contributed by atoms with Crippen molar-refractivity contribution in [3.05, 3.63) is 35.4 Å². The molecule has 1 aliphatic heterocycles. The molecule has 2 aliphatic rings. The average Bonchev–Trinajstić information content (AvgIpc) is 2.41. The van der Waals surface area contributed by atoms with E-state index in [1.807, 2.05) is 17.0 Å². The van der Waals surface area contributed by atoms with E-state index in [1.54, 1.807) is 0 Å². The summed E-state index contributed by atoms with van der Waals surface area (Å²) in [5.41, 5.74) is 2.66. The van der Waals surface area contributed by atoms with Gasteiger partial charge in [-0.1, -0.05) is 24.3 Å². The minimum atomic E-state index is -0.770. The van der Waals surface area contributed by atoms with Crippen LogP contribution in [-0.2, 0) is 22.4 Å². The lowest BCUT2D eigenvalue weighted by Crippen LogP contribution is -2.53. The number of aliphatic carboxylic acids is 1. The Morgan fingerprint density at radius 1 is 1.20 bits per heavy atom. The van der Waals surface area contributed by atoms with Crippen molar-refractivity contribution in [1.29, 1.82) is 0 Å². The fourth-order valence-electron chi connectivity index (χ4n) is 3.29. The molecule has 1 fully saturated rings. The Bertz CT molecular complexity index is 534. The molecule has 1 saturated heterocycles. The highest BCUT2D eigenvalue weighted by molar-refractivity contribution is 5.80. The van der Waals surface area contributed by atoms with Crippen LogP contribution in [0.3, 0.4) is 0 Å². The second kappa shape index (κ2) is 5.27. The van der Waals surface area contributed by atoms with Crippen LogP contribution < -0.4 is 0 Å². The number of amides is 1. The molecule has 20 heavy (non-hydrogen) atoms. The molecule has 1 aliphatic carbocycles. The predicted octanol–water partition coefficient (Wildman–Crippen LogP) is 1.72. The van der Waals surface area contributed by atoms with Crippen LogP contribution in [0.2, 0.25) is 0 Å². The number of nitrogens with zero attached hydrogens (tertiary/aromatic N) is 1. The highest BCUT2D eigenvalue weighted by Crippen LogP contribution is 2.29. The van der Waals surface area contributed by atoms with Crippen LogP contribution >= 0.6 is 0 Å². The third-order valence-corrected chi connectivity index (χ3v) is 4.43. The summed E-state index contributed by atoms with van der Waals surface area (Å²) in [4.78, 5) is 24.8. The normalized spacial score (nSPS) is 22.0. The van der Waals surface area contributed by atoms with Crippen LogP contribution in [0, 0.1) is 11.8 Å². The number of benzene rings is 1. The van der Waals surface area contributed by atoms with Crippen molar-refractivity contribution in [3.63, 3.8) is 0 Å². The van der Waals surface area contributed by atoms with E-state index < -0.39 is 5.97 Å². The molecular formula is C16H19NO3. The summed E-state index contributed by atoms with van der Waals surface area (Å²) < 4.78 is 0. The Labute approximate surface area is 118 Å². The Morgan fingerprint density at radius 3 is 2.60 bits per heavy atom. The van der Waals surface area contributed by atoms with E-state index in [9.17, 15) is 9.59 Å². The summed E-state index contributed by atoms with van der Waals surface area (Å²) in [6.07, 6.45) is 2.89. The van der Waals surface area contributed by atoms with Crippen molar-refractivity contribution in [3.8, 4) is 0 Å². The molecule has 1 aromatic rings. The number of carboxylic acid groups (broad SMARTS) is 1. The summed E-state index contributed by atoms with van der Waals surface area (Å²) in [5.74, 6) is -0.335. The number of aryl methyl sites for hydroxylation is 1. The van der Waals surface area contributed by atoms with Crippen molar-refractivity contribution in [2.45, 2.75) is 25.7 Å². The lowest BCUT2D eigenvalue weighted by atomic mass is 9.82. The van der Waals surface area contributed by atoms with E-state index in [0.717, 1.165) is 19.3 Å². The van der Waals surface area contributed by atoms with Crippen LogP contribution in [0.15, 0.2) is 24.3 Å². The Hall–Kier alpha value is -1.84. The van der Waals surface area contributed by atoms with Crippen LogP contribution in [-0.4, -0.2) is 35.0 Å². The second-order valence-electron chi connectivity index (χ2n) is 5.92. The highest BCUT2D eigenvalue weighted by atomic mass is 16.4. The van der Waals surface area contributed by atoms with Gasteiger partial charge in [0.2, 0.25) is 5.91 Å². The van der Waals surface area contributed by atoms with Crippen LogP contribution in [0.25, 0.3) is 0 Å². The lowest BCUT2D eigenvalue weighted by Gasteiger charge is -2.41. The Kier molecular flexibility index (Phi) is 3.47. The van der Waals surface area contributed by atoms with Gasteiger partial charge in [-0.15, -0.1) is 0 Å². The molecule has 0 bridgehead atoms. The molecule has 3 rings (SSSR count). The molecule has 1 amide bonds. The maximum Gasteiger partial charge on any atom is 0.303 e. The van der Waals surface area contributed by atoms with Gasteiger partial charge in [-0.05, 0) is 30.4 Å². The number of carbonyl (C=O) groups is 2. The van der Waals surface area contributed by atoms with E-state index in [2.05, 4.69) is 12.1 Å². The van der Waals surface area contributed by atoms with Crippen LogP contribution in [0.5, 0.6) is 0 Å². The fraction of sp³-hybridized carbons (Fsp3) is 0.500. The Balaban J connectivity index is 1.57. The molecule has 0 radical (unpaired) electrons. The predicted molar refractivity (Wildman–Crippen MR) is 74.3 cm³/mol. The number of hydrogen-bond acceptors (Lipinski definition) is 2. The van der Waals surface area contributed by atoms with Crippen molar-refractivity contribution in [1.82, 2.24) is 4.90 Å². The van der Waals surface area contributed by atoms with Gasteiger partial charge in [-0.25, -0.2) is 0 Å². The van der Waals surface area contributed by atoms with Crippen molar-refractivity contribution >= 4 is 11.9 Å². The SMILES string of the molecule is O=C(O)CC1CN(C(=O)C2CCc3ccccc3C2)C1. The zero-order valence-corrected chi connectivity index (χ0v) is 11.4. The maximum absolute atomic E-state index is 12.4. The molecule has 1 N–H and O–H groups in total. The van der Waals surface area contributed by atoms with Gasteiger partial charge < -0.3 is 10.0 Å². The van der Waals surface area contributed by atoms with E-state index in [0.29, 0.717) is 13.1 Å². The topological polar surface area (TPSA) is 57.6 Å². The van der Waals surface area contributed by atoms with Gasteiger partial charge in [0.05, 0.1) is 6.42 Å². The van der Waals surface area contributed by atoms with E-state index >= 15 is 0 Å². The number of likely N-dealkylation sites (tertiary alicyclic amines) is 1. The zero-order chi connectivity index (χ0) is 14.1. The van der Waals surface area contributed by atoms with Gasteiger partial charge in [0.15, 0.2) is 0 Å². The Morgan fingerprint density at radius 2 is 1.90 bits per heavy atom. The first-order chi connectivity index (χ1) is 9.63. The first-order valence-electron chi connectivity index (χ1n) is 7.21. The number of hydrogen-bond donors (Lipinski definition) is 1. The van der Waals surface area contributed by atoms with Gasteiger partial charge in [0.25, 0.3) is 0 Å². The molecule has 4 nitrogen and oxygen atoms in total. The summed E-state index contributed by atoms with van der Waals surface area (Å²) in [7, 11) is 0. The zero-order valence-electron chi connectivity index (χ0n) is 11.4. The van der Waals surface area contributed by atoms with Crippen molar-refractivity contribution < 1.29 is 14.7 Å². The lowest BCUT2D eigenvalue weighted by molar-refractivity contribution is -0.147. The summed E-state index contributed by atoms with van der Waals surface area (Å²) in [6.45, 7) is 1.23. The van der Waals surface area contributed by atoms with Gasteiger partial charge >= 0.3 is 5.97 Å². The summed E-state index contributed by atoms with van der Waals surface area (Å²) in [5, 5.41) is 8.73. The average molecular weight is 273 g/mol. The van der Waals surface area contributed by atoms with Crippen molar-refractivity contribution in [2.24, 2.45) is 11.8 Å². The molecular weight excluding hydrogens is 254 g/mol. The standard InChI is InChI=1S/C16H19NO3/c18-15(19)7-11-9-17(10-11)16(20)14-6-5-12-3-1-2-4-13(12)8-14/h1-4,11,14H,5-10H2,(H,18,19). The van der Waals surface area contributed by atoms with Gasteiger partial charge in [0, 0.05) is 24.9 Å². The number of rotatable bonds is 3. The van der Waals surface area contributed by atoms with Crippen LogP contribution in [0.4, 0.5) is 0 Å². The third kappa shape index (κ3) is 2.55. The minimum absolute atomic E-state index is 0.0793. The van der Waals surface area contributed by atoms with E-state index in [4.69, 9.17) is 5.11 Å². The quantitative estimate of drug-likeness (QED) is 0.912. The van der Waals surface area contributed by atoms with Gasteiger partial charge in [-0.3, -0.25) is 9.59 Å². The molecule has 1 aromatic carbocycles. The molecule has 0 spiro atoms. The van der Waals surface area contributed by atoms with E-state index in [1.165, 1.54) is 11.1 Å². The highest BCUT2D eigenvalue weighted by Gasteiger charge is 2.36. The van der Waals surface area contributed by atoms with Gasteiger partial charge in [0.1, 0.15) is 0 Å². The smallest absolute Gasteiger partial charge is 0.303 e. The largest absolute Gasteiger partial charge is 0.481 e. The summed E-state index contributed by atoms with van der Waals surface area (Å²) >= 11 is 0. The number of fused-ring (bicyclic) bond motifs is 1. The van der Waals surface area contributed by atoms with Crippen molar-refractivity contribution in [2.75, 3.05) is 13.1 Å². The molecule has 0 saturated carbocycles. The molecule has 0 aromatic heterocycles. The van der Waals surface area contributed by atoms with Crippen LogP contribution in [0.1, 0.15) is 24.0 Å². The molecule has 4 heteroatoms. The third-order valence-electron chi connectivity index (χ3n) is 4.43. The number of carboxylic acids is 1. The number of carbonyl (C=O) groups excluding carboxylic acids is 1. The fourth-order valence-corrected chi connectivity index (χ4v) is 3.29. The monoisotopic (exact) mass is 273 g/mol. The second-order valence-corrected chi connectivity index (χ2v) is 5.92. The minimum Gasteiger partial charge on any atom is -0.481 e. The first kappa shape index (κ1) is 13.2. The molecule has 1 unspecified atom stereocenters. The van der Waals surface area contributed by atoms with Gasteiger partial charge in [-0.2, -0.15) is 0 Å². The maximum atomic E-state index is 12.4. The first-order valence-corrected chi connectivity index (χ1v) is 7.21. The summed E-state index contributed by atoms with van der Waals surface area (Å²) in [6, 6.07) is 8.33.